The lowest BCUT2D eigenvalue weighted by molar-refractivity contribution is 0.758. The summed E-state index contributed by atoms with van der Waals surface area (Å²) in [6, 6.07) is 17.0. The van der Waals surface area contributed by atoms with E-state index in [4.69, 9.17) is 18.0 Å². The normalized spacial score (nSPS) is 17.3. The first-order valence-electron chi connectivity index (χ1n) is 6.44. The smallest absolute Gasteiger partial charge is 0.106 e. The van der Waals surface area contributed by atoms with Gasteiger partial charge in [-0.15, -0.1) is 0 Å². The van der Waals surface area contributed by atoms with Crippen LogP contribution in [0, 0.1) is 0 Å². The van der Waals surface area contributed by atoms with Crippen LogP contribution in [0.15, 0.2) is 48.5 Å². The Morgan fingerprint density at radius 1 is 1.11 bits per heavy atom. The predicted molar refractivity (Wildman–Crippen MR) is 84.1 cm³/mol. The van der Waals surface area contributed by atoms with Crippen molar-refractivity contribution in [3.8, 4) is 0 Å². The Morgan fingerprint density at radius 2 is 1.74 bits per heavy atom. The molecule has 2 aromatic carbocycles. The molecule has 2 N–H and O–H groups in total. The number of nitrogens with zero attached hydrogens (tertiary/aromatic N) is 1. The van der Waals surface area contributed by atoms with Crippen molar-refractivity contribution in [1.82, 2.24) is 0 Å². The molecule has 0 aliphatic carbocycles. The second-order valence-corrected chi connectivity index (χ2v) is 5.37. The number of fused-ring (bicyclic) bond motifs is 1. The highest BCUT2D eigenvalue weighted by molar-refractivity contribution is 7.80. The van der Waals surface area contributed by atoms with Crippen LogP contribution in [0.25, 0.3) is 0 Å². The molecule has 0 spiro atoms. The van der Waals surface area contributed by atoms with Crippen molar-refractivity contribution >= 4 is 28.6 Å². The molecule has 19 heavy (non-hydrogen) atoms. The highest BCUT2D eigenvalue weighted by atomic mass is 32.1. The standard InChI is InChI=1S/C16H16N2S/c1-11-10-12-6-2-4-8-14(12)18(11)15-9-5-3-7-13(15)16(17)19/h2-9,11H,10H2,1H3,(H2,17,19). The lowest BCUT2D eigenvalue weighted by atomic mass is 10.1. The van der Waals surface area contributed by atoms with Gasteiger partial charge in [-0.1, -0.05) is 42.5 Å². The maximum atomic E-state index is 5.85. The van der Waals surface area contributed by atoms with Gasteiger partial charge in [-0.3, -0.25) is 0 Å². The summed E-state index contributed by atoms with van der Waals surface area (Å²) >= 11 is 5.17. The van der Waals surface area contributed by atoms with Crippen LogP contribution in [0.4, 0.5) is 11.4 Å². The topological polar surface area (TPSA) is 29.3 Å². The van der Waals surface area contributed by atoms with E-state index in [1.54, 1.807) is 0 Å². The van der Waals surface area contributed by atoms with Gasteiger partial charge in [-0.05, 0) is 37.1 Å². The second kappa shape index (κ2) is 4.67. The molecule has 1 atom stereocenters. The molecule has 0 saturated heterocycles. The molecule has 1 aliphatic rings. The molecular weight excluding hydrogens is 252 g/mol. The lowest BCUT2D eigenvalue weighted by Crippen LogP contribution is -2.26. The highest BCUT2D eigenvalue weighted by Crippen LogP contribution is 2.39. The van der Waals surface area contributed by atoms with E-state index >= 15 is 0 Å². The Labute approximate surface area is 118 Å². The third kappa shape index (κ3) is 2.00. The maximum Gasteiger partial charge on any atom is 0.106 e. The number of para-hydroxylation sites is 2. The largest absolute Gasteiger partial charge is 0.389 e. The Kier molecular flexibility index (Phi) is 2.99. The van der Waals surface area contributed by atoms with Crippen molar-refractivity contribution in [3.63, 3.8) is 0 Å². The summed E-state index contributed by atoms with van der Waals surface area (Å²) in [5, 5.41) is 0. The fourth-order valence-electron chi connectivity index (χ4n) is 2.82. The number of hydrogen-bond acceptors (Lipinski definition) is 2. The molecule has 0 amide bonds. The van der Waals surface area contributed by atoms with Crippen molar-refractivity contribution in [2.24, 2.45) is 5.73 Å². The van der Waals surface area contributed by atoms with Crippen LogP contribution < -0.4 is 10.6 Å². The molecule has 3 rings (SSSR count). The van der Waals surface area contributed by atoms with Crippen LogP contribution in [0.3, 0.4) is 0 Å². The molecule has 0 radical (unpaired) electrons. The maximum absolute atomic E-state index is 5.85. The summed E-state index contributed by atoms with van der Waals surface area (Å²) in [6.07, 6.45) is 1.06. The number of nitrogens with two attached hydrogens (primary N) is 1. The summed E-state index contributed by atoms with van der Waals surface area (Å²) in [5.41, 5.74) is 10.5. The molecule has 1 unspecified atom stereocenters. The molecule has 0 saturated carbocycles. The van der Waals surface area contributed by atoms with Crippen LogP contribution in [-0.4, -0.2) is 11.0 Å². The summed E-state index contributed by atoms with van der Waals surface area (Å²) in [5.74, 6) is 0. The number of thiocarbonyl (C=S) groups is 1. The van der Waals surface area contributed by atoms with Gasteiger partial charge in [0.2, 0.25) is 0 Å². The molecule has 2 nitrogen and oxygen atoms in total. The van der Waals surface area contributed by atoms with Gasteiger partial charge in [0, 0.05) is 17.3 Å². The monoisotopic (exact) mass is 268 g/mol. The van der Waals surface area contributed by atoms with Crippen LogP contribution in [0.1, 0.15) is 18.1 Å². The first kappa shape index (κ1) is 12.2. The van der Waals surface area contributed by atoms with Gasteiger partial charge in [-0.25, -0.2) is 0 Å². The average molecular weight is 268 g/mol. The van der Waals surface area contributed by atoms with Crippen LogP contribution in [0.5, 0.6) is 0 Å². The molecule has 1 aliphatic heterocycles. The van der Waals surface area contributed by atoms with E-state index in [1.165, 1.54) is 11.3 Å². The van der Waals surface area contributed by atoms with E-state index in [9.17, 15) is 0 Å². The average Bonchev–Trinajstić information content (AvgIpc) is 2.74. The summed E-state index contributed by atoms with van der Waals surface area (Å²) in [4.78, 5) is 2.79. The zero-order valence-electron chi connectivity index (χ0n) is 10.8. The SMILES string of the molecule is CC1Cc2ccccc2N1c1ccccc1C(N)=S. The Hall–Kier alpha value is -1.87. The van der Waals surface area contributed by atoms with Crippen LogP contribution >= 0.6 is 12.2 Å². The van der Waals surface area contributed by atoms with E-state index in [0.717, 1.165) is 17.7 Å². The first-order valence-corrected chi connectivity index (χ1v) is 6.85. The molecule has 0 aromatic heterocycles. The van der Waals surface area contributed by atoms with E-state index in [0.29, 0.717) is 11.0 Å². The molecular formula is C16H16N2S. The van der Waals surface area contributed by atoms with E-state index in [-0.39, 0.29) is 0 Å². The van der Waals surface area contributed by atoms with Crippen molar-refractivity contribution in [3.05, 3.63) is 59.7 Å². The zero-order valence-corrected chi connectivity index (χ0v) is 11.7. The fourth-order valence-corrected chi connectivity index (χ4v) is 3.00. The van der Waals surface area contributed by atoms with Gasteiger partial charge in [0.05, 0.1) is 5.69 Å². The van der Waals surface area contributed by atoms with Crippen LogP contribution in [-0.2, 0) is 6.42 Å². The molecule has 1 heterocycles. The molecule has 0 bridgehead atoms. The van der Waals surface area contributed by atoms with Crippen molar-refractivity contribution in [2.75, 3.05) is 4.90 Å². The third-order valence-electron chi connectivity index (χ3n) is 3.64. The lowest BCUT2D eigenvalue weighted by Gasteiger charge is -2.27. The predicted octanol–water partition coefficient (Wildman–Crippen LogP) is 3.40. The van der Waals surface area contributed by atoms with Gasteiger partial charge < -0.3 is 10.6 Å². The number of hydrogen-bond donors (Lipinski definition) is 1. The number of anilines is 2. The van der Waals surface area contributed by atoms with Gasteiger partial charge >= 0.3 is 0 Å². The van der Waals surface area contributed by atoms with E-state index in [2.05, 4.69) is 42.2 Å². The van der Waals surface area contributed by atoms with Gasteiger partial charge in [-0.2, -0.15) is 0 Å². The van der Waals surface area contributed by atoms with Crippen LogP contribution in [0.2, 0.25) is 0 Å². The molecule has 3 heteroatoms. The summed E-state index contributed by atoms with van der Waals surface area (Å²) in [7, 11) is 0. The second-order valence-electron chi connectivity index (χ2n) is 4.93. The van der Waals surface area contributed by atoms with Crippen molar-refractivity contribution in [1.29, 1.82) is 0 Å². The quantitative estimate of drug-likeness (QED) is 0.846. The summed E-state index contributed by atoms with van der Waals surface area (Å²) < 4.78 is 0. The minimum Gasteiger partial charge on any atom is -0.389 e. The Balaban J connectivity index is 2.15. The van der Waals surface area contributed by atoms with Gasteiger partial charge in [0.1, 0.15) is 4.99 Å². The molecule has 2 aromatic rings. The minimum atomic E-state index is 0.424. The van der Waals surface area contributed by atoms with Gasteiger partial charge in [0.15, 0.2) is 0 Å². The third-order valence-corrected chi connectivity index (χ3v) is 3.86. The molecule has 0 fully saturated rings. The number of benzene rings is 2. The van der Waals surface area contributed by atoms with Gasteiger partial charge in [0.25, 0.3) is 0 Å². The first-order chi connectivity index (χ1) is 9.18. The highest BCUT2D eigenvalue weighted by Gasteiger charge is 2.28. The van der Waals surface area contributed by atoms with Crippen molar-refractivity contribution in [2.45, 2.75) is 19.4 Å². The Morgan fingerprint density at radius 3 is 2.47 bits per heavy atom. The summed E-state index contributed by atoms with van der Waals surface area (Å²) in [6.45, 7) is 2.23. The van der Waals surface area contributed by atoms with E-state index in [1.807, 2.05) is 18.2 Å². The van der Waals surface area contributed by atoms with Crippen molar-refractivity contribution < 1.29 is 0 Å². The number of rotatable bonds is 2. The minimum absolute atomic E-state index is 0.424. The Bertz CT molecular complexity index is 636. The zero-order chi connectivity index (χ0) is 13.4. The molecule has 96 valence electrons. The van der Waals surface area contributed by atoms with E-state index < -0.39 is 0 Å². The fraction of sp³-hybridized carbons (Fsp3) is 0.188.